The van der Waals surface area contributed by atoms with E-state index in [2.05, 4.69) is 10.1 Å². The molecule has 1 saturated carbocycles. The molecule has 180 valence electrons. The summed E-state index contributed by atoms with van der Waals surface area (Å²) in [6.45, 7) is 1.48. The van der Waals surface area contributed by atoms with Gasteiger partial charge in [0.05, 0.1) is 35.4 Å². The first-order valence-electron chi connectivity index (χ1n) is 11.8. The number of benzene rings is 1. The number of fused-ring (bicyclic) bond motifs is 1. The lowest BCUT2D eigenvalue weighted by Gasteiger charge is -2.37. The Morgan fingerprint density at radius 3 is 2.49 bits per heavy atom. The molecule has 0 saturated heterocycles. The number of aliphatic hydroxyl groups excluding tert-OH is 1. The molecule has 0 unspecified atom stereocenters. The van der Waals surface area contributed by atoms with Gasteiger partial charge in [-0.15, -0.1) is 0 Å². The highest BCUT2D eigenvalue weighted by Gasteiger charge is 2.37. The molecule has 1 aromatic carbocycles. The van der Waals surface area contributed by atoms with E-state index >= 15 is 0 Å². The van der Waals surface area contributed by atoms with Crippen molar-refractivity contribution in [3.8, 4) is 22.4 Å². The molecule has 0 aliphatic heterocycles. The van der Waals surface area contributed by atoms with Crippen LogP contribution in [0.25, 0.3) is 28.0 Å². The normalized spacial score (nSPS) is 20.3. The van der Waals surface area contributed by atoms with Crippen LogP contribution in [0, 0.1) is 0 Å². The fraction of sp³-hybridized carbons (Fsp3) is 0.333. The second kappa shape index (κ2) is 9.20. The number of hydrogen-bond acceptors (Lipinski definition) is 7. The summed E-state index contributed by atoms with van der Waals surface area (Å²) in [7, 11) is 1.63. The standard InChI is InChI=1S/C27H29N5O3/c1-17(34)23-24(19-10-12-27(16-33,35-2)13-11-19)31-26-21(15-30-32(26)25(23)28)20-8-9-22(29-14-20)18-6-4-3-5-7-18/h3-9,14-15,19,33H,10-13,16,28H2,1-2H3/t19-,27+. The van der Waals surface area contributed by atoms with Gasteiger partial charge in [-0.3, -0.25) is 9.78 Å². The SMILES string of the molecule is CO[C@]1(CO)CC[C@H](c2nc3c(-c4ccc(-c5ccccc5)nc4)cnn3c(N)c2C(C)=O)CC1. The first kappa shape index (κ1) is 23.1. The van der Waals surface area contributed by atoms with Crippen molar-refractivity contribution < 1.29 is 14.6 Å². The van der Waals surface area contributed by atoms with Crippen LogP contribution >= 0.6 is 0 Å². The van der Waals surface area contributed by atoms with Gasteiger partial charge in [0.25, 0.3) is 0 Å². The van der Waals surface area contributed by atoms with Gasteiger partial charge in [0, 0.05) is 35.9 Å². The Balaban J connectivity index is 1.56. The van der Waals surface area contributed by atoms with Gasteiger partial charge in [-0.25, -0.2) is 4.98 Å². The minimum absolute atomic E-state index is 0.0247. The molecule has 0 amide bonds. The predicted octanol–water partition coefficient (Wildman–Crippen LogP) is 4.28. The van der Waals surface area contributed by atoms with Crippen LogP contribution in [-0.2, 0) is 4.74 Å². The van der Waals surface area contributed by atoms with Gasteiger partial charge in [-0.05, 0) is 38.7 Å². The Morgan fingerprint density at radius 1 is 1.14 bits per heavy atom. The third kappa shape index (κ3) is 4.09. The zero-order valence-electron chi connectivity index (χ0n) is 19.9. The summed E-state index contributed by atoms with van der Waals surface area (Å²) in [5, 5.41) is 14.3. The summed E-state index contributed by atoms with van der Waals surface area (Å²) in [6, 6.07) is 14.0. The second-order valence-electron chi connectivity index (χ2n) is 9.22. The van der Waals surface area contributed by atoms with E-state index in [1.807, 2.05) is 48.7 Å². The number of ketones is 1. The molecule has 4 aromatic rings. The quantitative estimate of drug-likeness (QED) is 0.403. The predicted molar refractivity (Wildman–Crippen MR) is 134 cm³/mol. The van der Waals surface area contributed by atoms with E-state index in [0.717, 1.165) is 35.2 Å². The lowest BCUT2D eigenvalue weighted by molar-refractivity contribution is -0.0785. The largest absolute Gasteiger partial charge is 0.393 e. The number of nitrogen functional groups attached to an aromatic ring is 1. The summed E-state index contributed by atoms with van der Waals surface area (Å²) in [6.07, 6.45) is 6.39. The van der Waals surface area contributed by atoms with Crippen LogP contribution in [0.4, 0.5) is 5.82 Å². The monoisotopic (exact) mass is 471 g/mol. The van der Waals surface area contributed by atoms with Crippen molar-refractivity contribution in [2.24, 2.45) is 0 Å². The van der Waals surface area contributed by atoms with Crippen LogP contribution in [0.5, 0.6) is 0 Å². The van der Waals surface area contributed by atoms with Gasteiger partial charge in [0.2, 0.25) is 0 Å². The lowest BCUT2D eigenvalue weighted by Crippen LogP contribution is -2.39. The number of Topliss-reactive ketones (excluding diaryl/α,β-unsaturated/α-hetero) is 1. The molecule has 3 aromatic heterocycles. The second-order valence-corrected chi connectivity index (χ2v) is 9.22. The molecule has 1 aliphatic carbocycles. The van der Waals surface area contributed by atoms with Gasteiger partial charge < -0.3 is 15.6 Å². The third-order valence-corrected chi connectivity index (χ3v) is 7.21. The third-order valence-electron chi connectivity index (χ3n) is 7.21. The van der Waals surface area contributed by atoms with Crippen LogP contribution in [0.2, 0.25) is 0 Å². The molecule has 5 rings (SSSR count). The minimum atomic E-state index is -0.531. The maximum Gasteiger partial charge on any atom is 0.165 e. The van der Waals surface area contributed by atoms with Gasteiger partial charge in [0.1, 0.15) is 5.82 Å². The Hall–Kier alpha value is -3.62. The molecule has 0 atom stereocenters. The first-order chi connectivity index (χ1) is 17.0. The average Bonchev–Trinajstić information content (AvgIpc) is 3.33. The number of nitrogens with two attached hydrogens (primary N) is 1. The number of nitrogens with zero attached hydrogens (tertiary/aromatic N) is 4. The number of carbonyl (C=O) groups excluding carboxylic acids is 1. The number of carbonyl (C=O) groups is 1. The molecule has 0 radical (unpaired) electrons. The fourth-order valence-corrected chi connectivity index (χ4v) is 5.07. The van der Waals surface area contributed by atoms with Crippen LogP contribution in [-0.4, -0.2) is 49.8 Å². The van der Waals surface area contributed by atoms with Gasteiger partial charge in [0.15, 0.2) is 11.4 Å². The van der Waals surface area contributed by atoms with Crippen molar-refractivity contribution in [1.29, 1.82) is 0 Å². The van der Waals surface area contributed by atoms with E-state index in [0.29, 0.717) is 35.6 Å². The molecule has 0 bridgehead atoms. The number of aliphatic hydroxyl groups is 1. The topological polar surface area (TPSA) is 116 Å². The zero-order chi connectivity index (χ0) is 24.6. The van der Waals surface area contributed by atoms with Crippen LogP contribution < -0.4 is 5.73 Å². The van der Waals surface area contributed by atoms with E-state index in [-0.39, 0.29) is 18.3 Å². The molecule has 35 heavy (non-hydrogen) atoms. The molecule has 1 aliphatic rings. The number of hydrogen-bond donors (Lipinski definition) is 2. The summed E-state index contributed by atoms with van der Waals surface area (Å²) < 4.78 is 7.15. The molecule has 3 heterocycles. The highest BCUT2D eigenvalue weighted by atomic mass is 16.5. The summed E-state index contributed by atoms with van der Waals surface area (Å²) >= 11 is 0. The van der Waals surface area contributed by atoms with Crippen molar-refractivity contribution in [2.75, 3.05) is 19.5 Å². The average molecular weight is 472 g/mol. The maximum atomic E-state index is 12.6. The molecular weight excluding hydrogens is 442 g/mol. The number of rotatable bonds is 6. The van der Waals surface area contributed by atoms with Crippen LogP contribution in [0.1, 0.15) is 54.6 Å². The summed E-state index contributed by atoms with van der Waals surface area (Å²) in [5.74, 6) is 0.198. The van der Waals surface area contributed by atoms with Gasteiger partial charge in [-0.1, -0.05) is 36.4 Å². The summed E-state index contributed by atoms with van der Waals surface area (Å²) in [5.41, 5.74) is 11.3. The van der Waals surface area contributed by atoms with E-state index in [9.17, 15) is 9.90 Å². The molecule has 8 heteroatoms. The number of methoxy groups -OCH3 is 1. The molecule has 1 fully saturated rings. The van der Waals surface area contributed by atoms with E-state index in [4.69, 9.17) is 15.5 Å². The van der Waals surface area contributed by atoms with E-state index < -0.39 is 5.60 Å². The number of pyridine rings is 1. The van der Waals surface area contributed by atoms with Crippen LogP contribution in [0.3, 0.4) is 0 Å². The van der Waals surface area contributed by atoms with E-state index in [1.165, 1.54) is 11.4 Å². The van der Waals surface area contributed by atoms with Crippen molar-refractivity contribution >= 4 is 17.2 Å². The number of ether oxygens (including phenoxy) is 1. The Bertz CT molecular complexity index is 1350. The summed E-state index contributed by atoms with van der Waals surface area (Å²) in [4.78, 5) is 22.2. The number of anilines is 1. The fourth-order valence-electron chi connectivity index (χ4n) is 5.07. The van der Waals surface area contributed by atoms with Crippen molar-refractivity contribution in [1.82, 2.24) is 19.6 Å². The highest BCUT2D eigenvalue weighted by Crippen LogP contribution is 2.41. The van der Waals surface area contributed by atoms with Crippen molar-refractivity contribution in [3.05, 3.63) is 66.1 Å². The van der Waals surface area contributed by atoms with Gasteiger partial charge in [-0.2, -0.15) is 9.61 Å². The minimum Gasteiger partial charge on any atom is -0.393 e. The molecule has 3 N–H and O–H groups in total. The molecule has 8 nitrogen and oxygen atoms in total. The zero-order valence-corrected chi connectivity index (χ0v) is 19.9. The first-order valence-corrected chi connectivity index (χ1v) is 11.8. The highest BCUT2D eigenvalue weighted by molar-refractivity contribution is 6.00. The maximum absolute atomic E-state index is 12.6. The van der Waals surface area contributed by atoms with Crippen molar-refractivity contribution in [2.45, 2.75) is 44.1 Å². The Labute approximate surface area is 203 Å². The lowest BCUT2D eigenvalue weighted by atomic mass is 9.76. The van der Waals surface area contributed by atoms with Crippen molar-refractivity contribution in [3.63, 3.8) is 0 Å². The van der Waals surface area contributed by atoms with Gasteiger partial charge >= 0.3 is 0 Å². The Morgan fingerprint density at radius 2 is 1.89 bits per heavy atom. The smallest absolute Gasteiger partial charge is 0.165 e. The number of aromatic nitrogens is 4. The Kier molecular flexibility index (Phi) is 6.08. The van der Waals surface area contributed by atoms with Crippen LogP contribution in [0.15, 0.2) is 54.9 Å². The molecular formula is C27H29N5O3. The van der Waals surface area contributed by atoms with E-state index in [1.54, 1.807) is 13.3 Å². The molecule has 0 spiro atoms.